The van der Waals surface area contributed by atoms with E-state index in [4.69, 9.17) is 0 Å². The molecule has 1 aromatic rings. The topological polar surface area (TPSA) is 76.0 Å². The molecule has 2 N–H and O–H groups in total. The third-order valence-electron chi connectivity index (χ3n) is 2.56. The minimum absolute atomic E-state index is 0.0561. The van der Waals surface area contributed by atoms with Crippen LogP contribution >= 0.6 is 0 Å². The van der Waals surface area contributed by atoms with Crippen LogP contribution in [-0.4, -0.2) is 34.2 Å². The van der Waals surface area contributed by atoms with Gasteiger partial charge in [-0.3, -0.25) is 14.3 Å². The molecule has 1 aliphatic rings. The Labute approximate surface area is 93.0 Å². The first kappa shape index (κ1) is 10.7. The largest absolute Gasteiger partial charge is 0.352 e. The second-order valence-corrected chi connectivity index (χ2v) is 3.92. The van der Waals surface area contributed by atoms with Crippen molar-refractivity contribution < 1.29 is 9.59 Å². The van der Waals surface area contributed by atoms with E-state index in [9.17, 15) is 9.59 Å². The van der Waals surface area contributed by atoms with Crippen LogP contribution in [0.2, 0.25) is 0 Å². The molecule has 0 saturated carbocycles. The molecule has 0 spiro atoms. The van der Waals surface area contributed by atoms with Gasteiger partial charge in [0, 0.05) is 32.3 Å². The van der Waals surface area contributed by atoms with E-state index >= 15 is 0 Å². The molecule has 1 aromatic heterocycles. The van der Waals surface area contributed by atoms with Crippen LogP contribution in [0, 0.1) is 0 Å². The lowest BCUT2D eigenvalue weighted by atomic mass is 10.2. The van der Waals surface area contributed by atoms with Crippen molar-refractivity contribution >= 4 is 11.8 Å². The summed E-state index contributed by atoms with van der Waals surface area (Å²) in [7, 11) is 1.76. The predicted octanol–water partition coefficient (Wildman–Crippen LogP) is -0.571. The first-order valence-corrected chi connectivity index (χ1v) is 5.21. The zero-order valence-electron chi connectivity index (χ0n) is 9.06. The molecular weight excluding hydrogens is 208 g/mol. The summed E-state index contributed by atoms with van der Waals surface area (Å²) in [6.45, 7) is 0.472. The average molecular weight is 222 g/mol. The molecule has 1 atom stereocenters. The van der Waals surface area contributed by atoms with E-state index in [0.717, 1.165) is 6.42 Å². The average Bonchev–Trinajstić information content (AvgIpc) is 2.84. The van der Waals surface area contributed by atoms with Gasteiger partial charge < -0.3 is 10.6 Å². The number of nitrogens with one attached hydrogen (secondary N) is 2. The number of carbonyl (C=O) groups excluding carboxylic acids is 2. The van der Waals surface area contributed by atoms with Crippen LogP contribution in [-0.2, 0) is 11.8 Å². The van der Waals surface area contributed by atoms with E-state index in [1.54, 1.807) is 17.9 Å². The number of nitrogens with zero attached hydrogens (tertiary/aromatic N) is 2. The van der Waals surface area contributed by atoms with Crippen molar-refractivity contribution in [3.63, 3.8) is 0 Å². The molecule has 2 amide bonds. The fraction of sp³-hybridized carbons (Fsp3) is 0.500. The third-order valence-corrected chi connectivity index (χ3v) is 2.56. The number of hydrogen-bond acceptors (Lipinski definition) is 3. The predicted molar refractivity (Wildman–Crippen MR) is 56.7 cm³/mol. The lowest BCUT2D eigenvalue weighted by molar-refractivity contribution is -0.119. The second-order valence-electron chi connectivity index (χ2n) is 3.92. The van der Waals surface area contributed by atoms with Crippen molar-refractivity contribution in [1.82, 2.24) is 20.4 Å². The summed E-state index contributed by atoms with van der Waals surface area (Å²) in [6.07, 6.45) is 4.50. The zero-order valence-corrected chi connectivity index (χ0v) is 9.06. The first-order valence-electron chi connectivity index (χ1n) is 5.21. The Hall–Kier alpha value is -1.85. The van der Waals surface area contributed by atoms with Crippen molar-refractivity contribution in [3.05, 3.63) is 18.0 Å². The lowest BCUT2D eigenvalue weighted by Gasteiger charge is -2.10. The molecule has 16 heavy (non-hydrogen) atoms. The SMILES string of the molecule is Cn1cc(C(=O)NCC2CCC(=O)N2)cn1. The van der Waals surface area contributed by atoms with E-state index in [2.05, 4.69) is 15.7 Å². The Morgan fingerprint density at radius 1 is 1.75 bits per heavy atom. The van der Waals surface area contributed by atoms with Gasteiger partial charge in [-0.1, -0.05) is 0 Å². The van der Waals surface area contributed by atoms with E-state index < -0.39 is 0 Å². The van der Waals surface area contributed by atoms with E-state index in [-0.39, 0.29) is 17.9 Å². The van der Waals surface area contributed by atoms with E-state index in [1.165, 1.54) is 6.20 Å². The van der Waals surface area contributed by atoms with Crippen LogP contribution in [0.1, 0.15) is 23.2 Å². The fourth-order valence-corrected chi connectivity index (χ4v) is 1.69. The summed E-state index contributed by atoms with van der Waals surface area (Å²) in [5.41, 5.74) is 0.534. The van der Waals surface area contributed by atoms with Crippen molar-refractivity contribution in [3.8, 4) is 0 Å². The summed E-state index contributed by atoms with van der Waals surface area (Å²) in [5, 5.41) is 9.47. The lowest BCUT2D eigenvalue weighted by Crippen LogP contribution is -2.38. The highest BCUT2D eigenvalue weighted by Gasteiger charge is 2.21. The van der Waals surface area contributed by atoms with Crippen LogP contribution < -0.4 is 10.6 Å². The van der Waals surface area contributed by atoms with Crippen LogP contribution in [0.3, 0.4) is 0 Å². The smallest absolute Gasteiger partial charge is 0.254 e. The third kappa shape index (κ3) is 2.39. The van der Waals surface area contributed by atoms with Gasteiger partial charge in [0.2, 0.25) is 5.91 Å². The van der Waals surface area contributed by atoms with Gasteiger partial charge in [-0.2, -0.15) is 5.10 Å². The molecular formula is C10H14N4O2. The Morgan fingerprint density at radius 3 is 3.12 bits per heavy atom. The van der Waals surface area contributed by atoms with Crippen LogP contribution in [0.5, 0.6) is 0 Å². The summed E-state index contributed by atoms with van der Waals surface area (Å²) in [5.74, 6) is -0.102. The number of amides is 2. The van der Waals surface area contributed by atoms with Crippen molar-refractivity contribution in [2.75, 3.05) is 6.54 Å². The maximum absolute atomic E-state index is 11.6. The number of rotatable bonds is 3. The van der Waals surface area contributed by atoms with Crippen molar-refractivity contribution in [2.24, 2.45) is 7.05 Å². The standard InChI is InChI=1S/C10H14N4O2/c1-14-6-7(4-12-14)10(16)11-5-8-2-3-9(15)13-8/h4,6,8H,2-3,5H2,1H3,(H,11,16)(H,13,15). The van der Waals surface area contributed by atoms with Gasteiger partial charge in [0.25, 0.3) is 5.91 Å². The molecule has 0 aliphatic carbocycles. The van der Waals surface area contributed by atoms with Crippen LogP contribution in [0.15, 0.2) is 12.4 Å². The fourth-order valence-electron chi connectivity index (χ4n) is 1.69. The van der Waals surface area contributed by atoms with Crippen molar-refractivity contribution in [1.29, 1.82) is 0 Å². The Morgan fingerprint density at radius 2 is 2.56 bits per heavy atom. The van der Waals surface area contributed by atoms with Gasteiger partial charge in [0.1, 0.15) is 0 Å². The van der Waals surface area contributed by atoms with Gasteiger partial charge in [-0.25, -0.2) is 0 Å². The van der Waals surface area contributed by atoms with Gasteiger partial charge in [-0.05, 0) is 6.42 Å². The molecule has 2 heterocycles. The zero-order chi connectivity index (χ0) is 11.5. The number of aryl methyl sites for hydroxylation is 1. The highest BCUT2D eigenvalue weighted by Crippen LogP contribution is 2.05. The highest BCUT2D eigenvalue weighted by molar-refractivity contribution is 5.93. The summed E-state index contributed by atoms with van der Waals surface area (Å²) in [4.78, 5) is 22.6. The Kier molecular flexibility index (Phi) is 2.89. The molecule has 1 saturated heterocycles. The second kappa shape index (κ2) is 4.34. The monoisotopic (exact) mass is 222 g/mol. The number of aromatic nitrogens is 2. The van der Waals surface area contributed by atoms with Gasteiger partial charge in [0.05, 0.1) is 11.8 Å². The molecule has 0 aromatic carbocycles. The minimum atomic E-state index is -0.158. The van der Waals surface area contributed by atoms with Crippen molar-refractivity contribution in [2.45, 2.75) is 18.9 Å². The quantitative estimate of drug-likeness (QED) is 0.719. The normalized spacial score (nSPS) is 19.6. The van der Waals surface area contributed by atoms with E-state index in [1.807, 2.05) is 0 Å². The molecule has 1 unspecified atom stereocenters. The molecule has 6 heteroatoms. The molecule has 6 nitrogen and oxygen atoms in total. The molecule has 86 valence electrons. The van der Waals surface area contributed by atoms with E-state index in [0.29, 0.717) is 18.5 Å². The van der Waals surface area contributed by atoms with Gasteiger partial charge in [0.15, 0.2) is 0 Å². The minimum Gasteiger partial charge on any atom is -0.352 e. The molecule has 0 bridgehead atoms. The number of carbonyl (C=O) groups is 2. The highest BCUT2D eigenvalue weighted by atomic mass is 16.2. The Bertz CT molecular complexity index is 413. The first-order chi connectivity index (χ1) is 7.65. The Balaban J connectivity index is 1.82. The summed E-state index contributed by atoms with van der Waals surface area (Å²) >= 11 is 0. The summed E-state index contributed by atoms with van der Waals surface area (Å²) < 4.78 is 1.58. The maximum atomic E-state index is 11.6. The molecule has 1 aliphatic heterocycles. The molecule has 2 rings (SSSR count). The molecule has 1 fully saturated rings. The molecule has 0 radical (unpaired) electrons. The number of hydrogen-bond donors (Lipinski definition) is 2. The van der Waals surface area contributed by atoms with Gasteiger partial charge >= 0.3 is 0 Å². The summed E-state index contributed by atoms with van der Waals surface area (Å²) in [6, 6.07) is 0.0631. The van der Waals surface area contributed by atoms with Crippen LogP contribution in [0.25, 0.3) is 0 Å². The van der Waals surface area contributed by atoms with Gasteiger partial charge in [-0.15, -0.1) is 0 Å². The van der Waals surface area contributed by atoms with Crippen LogP contribution in [0.4, 0.5) is 0 Å². The maximum Gasteiger partial charge on any atom is 0.254 e.